The zero-order valence-corrected chi connectivity index (χ0v) is 21.1. The monoisotopic (exact) mass is 418 g/mol. The fourth-order valence-electron chi connectivity index (χ4n) is 3.16. The SMILES string of the molecule is CC(C)[C@@H](C(=O)Nc1cc(C(C)(C)C)cc(C(C)(C)C)c1)N(C)C(=O)OC(C)(C)C. The van der Waals surface area contributed by atoms with Crippen LogP contribution < -0.4 is 5.32 Å². The quantitative estimate of drug-likeness (QED) is 0.641. The van der Waals surface area contributed by atoms with Crippen molar-refractivity contribution in [2.45, 2.75) is 98.6 Å². The first-order chi connectivity index (χ1) is 13.3. The summed E-state index contributed by atoms with van der Waals surface area (Å²) in [4.78, 5) is 27.2. The third-order valence-electron chi connectivity index (χ3n) is 4.93. The Bertz CT molecular complexity index is 730. The summed E-state index contributed by atoms with van der Waals surface area (Å²) >= 11 is 0. The first-order valence-corrected chi connectivity index (χ1v) is 10.8. The van der Waals surface area contributed by atoms with Crippen LogP contribution in [0.4, 0.5) is 10.5 Å². The third-order valence-corrected chi connectivity index (χ3v) is 4.93. The van der Waals surface area contributed by atoms with Gasteiger partial charge in [0.15, 0.2) is 0 Å². The maximum Gasteiger partial charge on any atom is 0.410 e. The number of anilines is 1. The zero-order valence-electron chi connectivity index (χ0n) is 21.1. The van der Waals surface area contributed by atoms with Gasteiger partial charge < -0.3 is 10.1 Å². The van der Waals surface area contributed by atoms with Crippen LogP contribution in [0, 0.1) is 5.92 Å². The second-order valence-electron chi connectivity index (χ2n) is 11.6. The molecule has 5 nitrogen and oxygen atoms in total. The van der Waals surface area contributed by atoms with Gasteiger partial charge in [-0.05, 0) is 60.8 Å². The fourth-order valence-corrected chi connectivity index (χ4v) is 3.16. The number of nitrogens with zero attached hydrogens (tertiary/aromatic N) is 1. The van der Waals surface area contributed by atoms with Crippen molar-refractivity contribution in [1.29, 1.82) is 0 Å². The molecule has 0 fully saturated rings. The average Bonchev–Trinajstić information content (AvgIpc) is 2.50. The highest BCUT2D eigenvalue weighted by Gasteiger charge is 2.33. The van der Waals surface area contributed by atoms with Crippen LogP contribution in [0.1, 0.15) is 87.3 Å². The van der Waals surface area contributed by atoms with E-state index in [4.69, 9.17) is 4.74 Å². The summed E-state index contributed by atoms with van der Waals surface area (Å²) in [7, 11) is 1.62. The topological polar surface area (TPSA) is 58.6 Å². The third kappa shape index (κ3) is 7.33. The van der Waals surface area contributed by atoms with Crippen LogP contribution in [0.5, 0.6) is 0 Å². The molecule has 0 aliphatic rings. The van der Waals surface area contributed by atoms with Crippen LogP contribution in [0.15, 0.2) is 18.2 Å². The number of amides is 2. The maximum absolute atomic E-state index is 13.2. The molecule has 0 heterocycles. The molecule has 0 saturated carbocycles. The van der Waals surface area contributed by atoms with Gasteiger partial charge in [-0.1, -0.05) is 61.5 Å². The molecular weight excluding hydrogens is 376 g/mol. The van der Waals surface area contributed by atoms with Crippen LogP contribution in [0.25, 0.3) is 0 Å². The molecule has 2 amide bonds. The van der Waals surface area contributed by atoms with Gasteiger partial charge >= 0.3 is 6.09 Å². The highest BCUT2D eigenvalue weighted by atomic mass is 16.6. The number of carbonyl (C=O) groups is 2. The summed E-state index contributed by atoms with van der Waals surface area (Å²) in [6, 6.07) is 5.62. The lowest BCUT2D eigenvalue weighted by Gasteiger charge is -2.32. The first-order valence-electron chi connectivity index (χ1n) is 10.8. The molecule has 0 aliphatic heterocycles. The molecule has 0 spiro atoms. The van der Waals surface area contributed by atoms with E-state index in [0.29, 0.717) is 0 Å². The molecule has 1 aromatic carbocycles. The van der Waals surface area contributed by atoms with E-state index in [9.17, 15) is 9.59 Å². The molecule has 0 aliphatic carbocycles. The number of ether oxygens (including phenoxy) is 1. The number of benzene rings is 1. The Balaban J connectivity index is 3.25. The van der Waals surface area contributed by atoms with Crippen LogP contribution in [0.3, 0.4) is 0 Å². The van der Waals surface area contributed by atoms with E-state index >= 15 is 0 Å². The zero-order chi connectivity index (χ0) is 23.7. The molecule has 170 valence electrons. The predicted octanol–water partition coefficient (Wildman–Crippen LogP) is 6.11. The second kappa shape index (κ2) is 8.99. The Morgan fingerprint density at radius 2 is 1.30 bits per heavy atom. The molecule has 0 unspecified atom stereocenters. The summed E-state index contributed by atoms with van der Waals surface area (Å²) in [5.74, 6) is -0.292. The van der Waals surface area contributed by atoms with Gasteiger partial charge in [-0.3, -0.25) is 9.69 Å². The van der Waals surface area contributed by atoms with Gasteiger partial charge in [0.25, 0.3) is 0 Å². The number of rotatable bonds is 4. The van der Waals surface area contributed by atoms with Gasteiger partial charge in [-0.15, -0.1) is 0 Å². The largest absolute Gasteiger partial charge is 0.444 e. The summed E-state index contributed by atoms with van der Waals surface area (Å²) in [5, 5.41) is 3.06. The van der Waals surface area contributed by atoms with E-state index in [1.807, 2.05) is 46.8 Å². The van der Waals surface area contributed by atoms with E-state index in [-0.39, 0.29) is 22.7 Å². The van der Waals surface area contributed by atoms with E-state index in [0.717, 1.165) is 16.8 Å². The van der Waals surface area contributed by atoms with E-state index in [1.165, 1.54) is 4.90 Å². The Labute approximate surface area is 183 Å². The minimum atomic E-state index is -0.642. The number of hydrogen-bond donors (Lipinski definition) is 1. The van der Waals surface area contributed by atoms with Gasteiger partial charge in [0.2, 0.25) is 5.91 Å². The van der Waals surface area contributed by atoms with Crippen molar-refractivity contribution in [3.05, 3.63) is 29.3 Å². The molecule has 0 radical (unpaired) electrons. The van der Waals surface area contributed by atoms with Crippen molar-refractivity contribution in [2.24, 2.45) is 5.92 Å². The van der Waals surface area contributed by atoms with Crippen LogP contribution in [-0.4, -0.2) is 35.6 Å². The maximum atomic E-state index is 13.2. The fraction of sp³-hybridized carbons (Fsp3) is 0.680. The highest BCUT2D eigenvalue weighted by molar-refractivity contribution is 5.97. The van der Waals surface area contributed by atoms with Crippen LogP contribution in [0.2, 0.25) is 0 Å². The Hall–Kier alpha value is -2.04. The number of hydrogen-bond acceptors (Lipinski definition) is 3. The molecule has 0 saturated heterocycles. The Morgan fingerprint density at radius 1 is 0.867 bits per heavy atom. The first kappa shape index (κ1) is 26.0. The molecule has 1 aromatic rings. The molecular formula is C25H42N2O3. The lowest BCUT2D eigenvalue weighted by molar-refractivity contribution is -0.122. The molecule has 1 N–H and O–H groups in total. The van der Waals surface area contributed by atoms with Crippen molar-refractivity contribution in [2.75, 3.05) is 12.4 Å². The van der Waals surface area contributed by atoms with Crippen molar-refractivity contribution in [3.8, 4) is 0 Å². The normalized spacial score (nSPS) is 13.8. The smallest absolute Gasteiger partial charge is 0.410 e. The molecule has 0 aromatic heterocycles. The van der Waals surface area contributed by atoms with E-state index < -0.39 is 17.7 Å². The van der Waals surface area contributed by atoms with Crippen molar-refractivity contribution in [1.82, 2.24) is 4.90 Å². The summed E-state index contributed by atoms with van der Waals surface area (Å²) in [5.41, 5.74) is 2.35. The summed E-state index contributed by atoms with van der Waals surface area (Å²) in [6.07, 6.45) is -0.504. The number of carbonyl (C=O) groups excluding carboxylic acids is 2. The van der Waals surface area contributed by atoms with Crippen molar-refractivity contribution >= 4 is 17.7 Å². The Kier molecular flexibility index (Phi) is 7.79. The van der Waals surface area contributed by atoms with Crippen LogP contribution >= 0.6 is 0 Å². The highest BCUT2D eigenvalue weighted by Crippen LogP contribution is 2.32. The Morgan fingerprint density at radius 3 is 1.63 bits per heavy atom. The minimum Gasteiger partial charge on any atom is -0.444 e. The van der Waals surface area contributed by atoms with Gasteiger partial charge in [0, 0.05) is 12.7 Å². The summed E-state index contributed by atoms with van der Waals surface area (Å²) in [6.45, 7) is 22.3. The molecule has 1 atom stereocenters. The lowest BCUT2D eigenvalue weighted by atomic mass is 9.80. The lowest BCUT2D eigenvalue weighted by Crippen LogP contribution is -2.49. The van der Waals surface area contributed by atoms with Gasteiger partial charge in [0.05, 0.1) is 0 Å². The van der Waals surface area contributed by atoms with Gasteiger partial charge in [0.1, 0.15) is 11.6 Å². The van der Waals surface area contributed by atoms with E-state index in [2.05, 4.69) is 52.9 Å². The van der Waals surface area contributed by atoms with Crippen molar-refractivity contribution in [3.63, 3.8) is 0 Å². The molecule has 1 rings (SSSR count). The molecule has 5 heteroatoms. The molecule has 0 bridgehead atoms. The number of likely N-dealkylation sites (N-methyl/N-ethyl adjacent to an activating group) is 1. The standard InChI is InChI=1S/C25H42N2O3/c1-16(2)20(27(12)22(29)30-25(9,10)11)21(28)26-19-14-17(23(3,4)5)13-18(15-19)24(6,7)8/h13-16,20H,1-12H3,(H,26,28)/t20-/m0/s1. The molecule has 30 heavy (non-hydrogen) atoms. The summed E-state index contributed by atoms with van der Waals surface area (Å²) < 4.78 is 5.47. The van der Waals surface area contributed by atoms with Crippen molar-refractivity contribution < 1.29 is 14.3 Å². The number of nitrogens with one attached hydrogen (secondary N) is 1. The minimum absolute atomic E-state index is 0.0501. The van der Waals surface area contributed by atoms with E-state index in [1.54, 1.807) is 7.05 Å². The second-order valence-corrected chi connectivity index (χ2v) is 11.6. The van der Waals surface area contributed by atoms with Gasteiger partial charge in [-0.25, -0.2) is 4.79 Å². The predicted molar refractivity (Wildman–Crippen MR) is 125 cm³/mol. The average molecular weight is 419 g/mol. The van der Waals surface area contributed by atoms with Crippen LogP contribution in [-0.2, 0) is 20.4 Å². The van der Waals surface area contributed by atoms with Gasteiger partial charge in [-0.2, -0.15) is 0 Å².